The molecule has 0 saturated heterocycles. The quantitative estimate of drug-likeness (QED) is 0.273. The van der Waals surface area contributed by atoms with Gasteiger partial charge >= 0.3 is 6.36 Å². The van der Waals surface area contributed by atoms with Crippen LogP contribution in [0.15, 0.2) is 54.6 Å². The summed E-state index contributed by atoms with van der Waals surface area (Å²) in [5.41, 5.74) is 0.810. The smallest absolute Gasteiger partial charge is 0.573 e. The van der Waals surface area contributed by atoms with Crippen molar-refractivity contribution in [3.63, 3.8) is 0 Å². The monoisotopic (exact) mass is 513 g/mol. The Bertz CT molecular complexity index is 1030. The molecule has 0 fully saturated rings. The van der Waals surface area contributed by atoms with Gasteiger partial charge in [-0.25, -0.2) is 0 Å². The van der Waals surface area contributed by atoms with Crippen LogP contribution >= 0.6 is 11.3 Å². The predicted molar refractivity (Wildman–Crippen MR) is 131 cm³/mol. The molecule has 0 bridgehead atoms. The highest BCUT2D eigenvalue weighted by molar-refractivity contribution is 7.81. The van der Waals surface area contributed by atoms with Gasteiger partial charge in [0.05, 0.1) is 0 Å². The summed E-state index contributed by atoms with van der Waals surface area (Å²) in [6.07, 6.45) is -2.45. The molecule has 0 spiro atoms. The van der Waals surface area contributed by atoms with Crippen LogP contribution < -0.4 is 9.04 Å². The maximum absolute atomic E-state index is 12.5. The van der Waals surface area contributed by atoms with E-state index in [9.17, 15) is 21.9 Å². The molecule has 0 aliphatic heterocycles. The second-order valence-corrected chi connectivity index (χ2v) is 9.92. The number of ether oxygens (including phenoxy) is 1. The minimum atomic E-state index is -4.74. The van der Waals surface area contributed by atoms with Gasteiger partial charge in [-0.1, -0.05) is 44.2 Å². The highest BCUT2D eigenvalue weighted by Crippen LogP contribution is 2.33. The van der Waals surface area contributed by atoms with Crippen molar-refractivity contribution in [3.05, 3.63) is 60.2 Å². The van der Waals surface area contributed by atoms with Crippen molar-refractivity contribution >= 4 is 37.7 Å². The molecular formula is C24H28F3N2O3S2-. The summed E-state index contributed by atoms with van der Waals surface area (Å²) in [6, 6.07) is 15.2. The van der Waals surface area contributed by atoms with Crippen LogP contribution in [0, 0.1) is 0 Å². The van der Waals surface area contributed by atoms with Gasteiger partial charge < -0.3 is 9.29 Å². The van der Waals surface area contributed by atoms with Crippen molar-refractivity contribution in [1.29, 1.82) is 0 Å². The third kappa shape index (κ3) is 7.43. The number of hydrogen-bond donors (Lipinski definition) is 0. The Morgan fingerprint density at radius 3 is 2.26 bits per heavy atom. The van der Waals surface area contributed by atoms with Crippen molar-refractivity contribution < 1.29 is 26.7 Å². The van der Waals surface area contributed by atoms with Gasteiger partial charge in [0.25, 0.3) is 0 Å². The first-order valence-electron chi connectivity index (χ1n) is 11.1. The van der Waals surface area contributed by atoms with E-state index in [0.29, 0.717) is 11.4 Å². The number of hydrogen-bond acceptors (Lipinski definition) is 5. The zero-order valence-corrected chi connectivity index (χ0v) is 20.7. The predicted octanol–water partition coefficient (Wildman–Crippen LogP) is 6.13. The van der Waals surface area contributed by atoms with Crippen LogP contribution in [-0.4, -0.2) is 45.7 Å². The van der Waals surface area contributed by atoms with E-state index in [4.69, 9.17) is 0 Å². The molecule has 1 aromatic heterocycles. The van der Waals surface area contributed by atoms with Crippen molar-refractivity contribution in [3.8, 4) is 5.75 Å². The lowest BCUT2D eigenvalue weighted by Gasteiger charge is -2.36. The zero-order valence-electron chi connectivity index (χ0n) is 19.1. The van der Waals surface area contributed by atoms with E-state index in [1.54, 1.807) is 12.1 Å². The molecule has 3 rings (SSSR count). The minimum absolute atomic E-state index is 0.155. The van der Waals surface area contributed by atoms with Gasteiger partial charge in [0.15, 0.2) is 0 Å². The highest BCUT2D eigenvalue weighted by Gasteiger charge is 2.31. The van der Waals surface area contributed by atoms with Crippen molar-refractivity contribution in [2.75, 3.05) is 23.9 Å². The number of nitrogens with zero attached hydrogens (tertiary/aromatic N) is 2. The van der Waals surface area contributed by atoms with Crippen molar-refractivity contribution in [1.82, 2.24) is 4.90 Å². The Labute approximate surface area is 204 Å². The second kappa shape index (κ2) is 12.0. The largest absolute Gasteiger partial charge is 0.755 e. The molecule has 0 aliphatic rings. The summed E-state index contributed by atoms with van der Waals surface area (Å²) >= 11 is -1.06. The second-order valence-electron chi connectivity index (χ2n) is 7.99. The highest BCUT2D eigenvalue weighted by atomic mass is 32.2. The molecule has 5 nitrogen and oxygen atoms in total. The van der Waals surface area contributed by atoms with Crippen molar-refractivity contribution in [2.45, 2.75) is 45.5 Å². The first-order valence-corrected chi connectivity index (χ1v) is 13.0. The van der Waals surface area contributed by atoms with E-state index < -0.39 is 17.6 Å². The average Bonchev–Trinajstić information content (AvgIpc) is 3.20. The number of alkyl halides is 3. The Morgan fingerprint density at radius 1 is 1.06 bits per heavy atom. The SMILES string of the molecule is CCCN(CCC)C(Cc1ccc(OC(F)(F)F)cc1)CN(c1cc2ccccc2s1)S(=O)[O-]. The average molecular weight is 514 g/mol. The molecule has 0 amide bonds. The van der Waals surface area contributed by atoms with E-state index in [1.165, 1.54) is 27.8 Å². The summed E-state index contributed by atoms with van der Waals surface area (Å²) in [4.78, 5) is 2.26. The van der Waals surface area contributed by atoms with Gasteiger partial charge in [0.2, 0.25) is 0 Å². The van der Waals surface area contributed by atoms with E-state index in [-0.39, 0.29) is 18.3 Å². The summed E-state index contributed by atoms with van der Waals surface area (Å²) < 4.78 is 68.4. The molecule has 2 aromatic carbocycles. The van der Waals surface area contributed by atoms with E-state index >= 15 is 0 Å². The van der Waals surface area contributed by atoms with Gasteiger partial charge in [-0.3, -0.25) is 13.4 Å². The summed E-state index contributed by atoms with van der Waals surface area (Å²) in [5.74, 6) is -0.278. The molecule has 0 saturated carbocycles. The van der Waals surface area contributed by atoms with Gasteiger partial charge in [0, 0.05) is 28.6 Å². The number of benzene rings is 2. The molecule has 186 valence electrons. The molecule has 3 aromatic rings. The zero-order chi connectivity index (χ0) is 24.7. The summed E-state index contributed by atoms with van der Waals surface area (Å²) in [6.45, 7) is 5.96. The number of rotatable bonds is 12. The molecule has 10 heteroatoms. The Balaban J connectivity index is 1.87. The van der Waals surface area contributed by atoms with Gasteiger partial charge in [-0.15, -0.1) is 24.5 Å². The maximum Gasteiger partial charge on any atom is 0.573 e. The lowest BCUT2D eigenvalue weighted by molar-refractivity contribution is -0.274. The molecule has 1 heterocycles. The minimum Gasteiger partial charge on any atom is -0.755 e. The van der Waals surface area contributed by atoms with Crippen LogP contribution in [0.1, 0.15) is 32.3 Å². The number of fused-ring (bicyclic) bond motifs is 1. The maximum atomic E-state index is 12.5. The molecule has 34 heavy (non-hydrogen) atoms. The lowest BCUT2D eigenvalue weighted by atomic mass is 10.0. The number of anilines is 1. The number of halogens is 3. The van der Waals surface area contributed by atoms with E-state index in [0.717, 1.165) is 41.6 Å². The summed E-state index contributed by atoms with van der Waals surface area (Å²) in [7, 11) is 0. The summed E-state index contributed by atoms with van der Waals surface area (Å²) in [5, 5.41) is 1.62. The van der Waals surface area contributed by atoms with Crippen LogP contribution in [-0.2, 0) is 17.7 Å². The fourth-order valence-corrected chi connectivity index (χ4v) is 5.73. The third-order valence-corrected chi connectivity index (χ3v) is 7.34. The fourth-order valence-electron chi connectivity index (χ4n) is 3.97. The first kappa shape index (κ1) is 26.5. The topological polar surface area (TPSA) is 55.8 Å². The molecule has 0 N–H and O–H groups in total. The molecular weight excluding hydrogens is 485 g/mol. The van der Waals surface area contributed by atoms with Crippen LogP contribution in [0.3, 0.4) is 0 Å². The Kier molecular flexibility index (Phi) is 9.35. The van der Waals surface area contributed by atoms with Crippen LogP contribution in [0.5, 0.6) is 5.75 Å². The van der Waals surface area contributed by atoms with Gasteiger partial charge in [0.1, 0.15) is 10.8 Å². The van der Waals surface area contributed by atoms with E-state index in [2.05, 4.69) is 23.5 Å². The Hall–Kier alpha value is -2.14. The lowest BCUT2D eigenvalue weighted by Crippen LogP contribution is -2.46. The van der Waals surface area contributed by atoms with Crippen molar-refractivity contribution in [2.24, 2.45) is 0 Å². The Morgan fingerprint density at radius 2 is 1.71 bits per heavy atom. The standard InChI is InChI=1S/C24H29F3N2O3S2/c1-3-13-28(14-4-2)20(15-18-9-11-21(12-10-18)32-24(25,26)27)17-29(34(30)31)23-16-19-7-5-6-8-22(19)33-23/h5-12,16,20H,3-4,13-15,17H2,1-2H3,(H,30,31)/p-1. The van der Waals surface area contributed by atoms with Crippen LogP contribution in [0.25, 0.3) is 10.1 Å². The molecule has 0 radical (unpaired) electrons. The van der Waals surface area contributed by atoms with Crippen LogP contribution in [0.4, 0.5) is 18.2 Å². The number of thiophene rings is 1. The van der Waals surface area contributed by atoms with Crippen LogP contribution in [0.2, 0.25) is 0 Å². The fraction of sp³-hybridized carbons (Fsp3) is 0.417. The van der Waals surface area contributed by atoms with Gasteiger partial charge in [-0.2, -0.15) is 0 Å². The third-order valence-electron chi connectivity index (χ3n) is 5.38. The van der Waals surface area contributed by atoms with E-state index in [1.807, 2.05) is 30.3 Å². The molecule has 2 unspecified atom stereocenters. The molecule has 0 aliphatic carbocycles. The first-order chi connectivity index (χ1) is 16.2. The normalized spacial score (nSPS) is 13.9. The van der Waals surface area contributed by atoms with Gasteiger partial charge in [-0.05, 0) is 67.6 Å². The molecule has 2 atom stereocenters.